The molecule has 376 valence electrons. The summed E-state index contributed by atoms with van der Waals surface area (Å²) in [5.74, 6) is 0. The third kappa shape index (κ3) is 6.82. The van der Waals surface area contributed by atoms with Crippen molar-refractivity contribution < 1.29 is 0 Å². The first-order valence-corrected chi connectivity index (χ1v) is 28.4. The normalized spacial score (nSPS) is 20.6. The van der Waals surface area contributed by atoms with Gasteiger partial charge in [0.25, 0.3) is 0 Å². The minimum absolute atomic E-state index is 0.0289. The third-order valence-electron chi connectivity index (χ3n) is 20.6. The van der Waals surface area contributed by atoms with Crippen LogP contribution in [0.1, 0.15) is 197 Å². The summed E-state index contributed by atoms with van der Waals surface area (Å²) >= 11 is 0. The Hall–Kier alpha value is -5.80. The Balaban J connectivity index is 1.14. The van der Waals surface area contributed by atoms with Crippen molar-refractivity contribution in [3.63, 3.8) is 0 Å². The van der Waals surface area contributed by atoms with Crippen LogP contribution in [0.2, 0.25) is 0 Å². The van der Waals surface area contributed by atoms with E-state index in [1.807, 2.05) is 0 Å². The van der Waals surface area contributed by atoms with E-state index in [-0.39, 0.29) is 37.9 Å². The highest BCUT2D eigenvalue weighted by atomic mass is 15.2. The summed E-state index contributed by atoms with van der Waals surface area (Å²) in [6, 6.07) is 44.1. The highest BCUT2D eigenvalue weighted by molar-refractivity contribution is 6.73. The first-order chi connectivity index (χ1) is 34.8. The van der Waals surface area contributed by atoms with Crippen LogP contribution >= 0.6 is 0 Å². The van der Waals surface area contributed by atoms with Gasteiger partial charge in [0.1, 0.15) is 0 Å². The average molecular weight is 971 g/mol. The smallest absolute Gasteiger partial charge is 0.198 e. The molecule has 0 atom stereocenters. The second-order valence-corrected chi connectivity index (χ2v) is 28.6. The fourth-order valence-electron chi connectivity index (χ4n) is 15.6. The molecule has 13 rings (SSSR count). The molecule has 7 aromatic rings. The van der Waals surface area contributed by atoms with Crippen LogP contribution in [0, 0.1) is 6.92 Å². The molecule has 0 fully saturated rings. The number of anilines is 5. The zero-order valence-corrected chi connectivity index (χ0v) is 47.5. The van der Waals surface area contributed by atoms with Crippen molar-refractivity contribution in [1.82, 2.24) is 0 Å². The van der Waals surface area contributed by atoms with Gasteiger partial charge in [-0.3, -0.25) is 0 Å². The largest absolute Gasteiger partial charge is 0.355 e. The van der Waals surface area contributed by atoms with Gasteiger partial charge in [0.05, 0.1) is 0 Å². The van der Waals surface area contributed by atoms with E-state index in [9.17, 15) is 0 Å². The van der Waals surface area contributed by atoms with Crippen molar-refractivity contribution in [3.05, 3.63) is 170 Å². The Kier molecular flexibility index (Phi) is 9.98. The number of nitrogens with one attached hydrogen (secondary N) is 1. The summed E-state index contributed by atoms with van der Waals surface area (Å²) in [5.41, 5.74) is 34.0. The number of aryl methyl sites for hydroxylation is 1. The molecule has 1 heterocycles. The van der Waals surface area contributed by atoms with Gasteiger partial charge in [-0.15, -0.1) is 0 Å². The standard InChI is InChI=1S/C71H79BN2/c1-41-34-52-56(70(12,13)33-30-66(52,4)5)40-59(41)74-60-38-47-44-21-17-16-20-42(44)35-48(47)61(63(60)72-57-27-25-46-45-22-18-19-23-50(45)71(14,15)62(46)64(57)74)49-37-54-55(69(10,11)32-31-68(54,8)9)39-58(49)73-43-24-26-51-53(36-43)67(6,7)29-28-65(51,2)3/h16-27,34,36-40,72-73H,28-33,35H2,1-15H3. The lowest BCUT2D eigenvalue weighted by molar-refractivity contribution is 0.332. The molecule has 3 heteroatoms. The molecular formula is C71H79BN2. The molecular weight excluding hydrogens is 892 g/mol. The summed E-state index contributed by atoms with van der Waals surface area (Å²) in [6.45, 7) is 37.1. The van der Waals surface area contributed by atoms with Crippen LogP contribution in [0.15, 0.2) is 109 Å². The van der Waals surface area contributed by atoms with Crippen LogP contribution in [0.3, 0.4) is 0 Å². The van der Waals surface area contributed by atoms with Crippen LogP contribution in [0.5, 0.6) is 0 Å². The van der Waals surface area contributed by atoms with E-state index in [0.29, 0.717) is 0 Å². The Morgan fingerprint density at radius 1 is 0.446 bits per heavy atom. The third-order valence-corrected chi connectivity index (χ3v) is 20.6. The van der Waals surface area contributed by atoms with Crippen LogP contribution in [-0.4, -0.2) is 7.28 Å². The Morgan fingerprint density at radius 3 is 1.66 bits per heavy atom. The van der Waals surface area contributed by atoms with Crippen LogP contribution < -0.4 is 21.1 Å². The maximum absolute atomic E-state index is 4.28. The topological polar surface area (TPSA) is 15.3 Å². The van der Waals surface area contributed by atoms with Crippen molar-refractivity contribution in [2.75, 3.05) is 10.2 Å². The maximum Gasteiger partial charge on any atom is 0.198 e. The molecule has 0 unspecified atom stereocenters. The molecule has 0 saturated carbocycles. The summed E-state index contributed by atoms with van der Waals surface area (Å²) < 4.78 is 0. The van der Waals surface area contributed by atoms with Gasteiger partial charge < -0.3 is 10.2 Å². The molecule has 0 bridgehead atoms. The summed E-state index contributed by atoms with van der Waals surface area (Å²) in [4.78, 5) is 2.81. The van der Waals surface area contributed by atoms with E-state index >= 15 is 0 Å². The van der Waals surface area contributed by atoms with Gasteiger partial charge in [0.15, 0.2) is 7.28 Å². The number of nitrogens with zero attached hydrogens (tertiary/aromatic N) is 1. The van der Waals surface area contributed by atoms with Crippen molar-refractivity contribution in [3.8, 4) is 33.4 Å². The molecule has 74 heavy (non-hydrogen) atoms. The maximum atomic E-state index is 4.28. The Morgan fingerprint density at radius 2 is 1.00 bits per heavy atom. The molecule has 1 N–H and O–H groups in total. The van der Waals surface area contributed by atoms with Crippen molar-refractivity contribution in [2.45, 2.75) is 187 Å². The molecule has 5 aliphatic carbocycles. The highest BCUT2D eigenvalue weighted by Gasteiger charge is 2.46. The SMILES string of the molecule is Cc1cc2c(cc1N1c3cc4c(c(-c5cc6c(cc5Nc5ccc7c(c5)C(C)(C)CCC7(C)C)C(C)(C)CCC6(C)C)c3Bc3ccc5c(c31)C(C)(C)c1ccccc1-5)Cc1ccccc1-4)C(C)(C)CCC2(C)C. The number of rotatable bonds is 4. The zero-order valence-electron chi connectivity index (χ0n) is 47.5. The average Bonchev–Trinajstić information content (AvgIpc) is 3.84. The van der Waals surface area contributed by atoms with Gasteiger partial charge in [-0.05, 0) is 215 Å². The van der Waals surface area contributed by atoms with Gasteiger partial charge in [0.2, 0.25) is 0 Å². The molecule has 2 nitrogen and oxygen atoms in total. The van der Waals surface area contributed by atoms with Crippen molar-refractivity contribution in [1.29, 1.82) is 0 Å². The second kappa shape index (κ2) is 15.4. The fourth-order valence-corrected chi connectivity index (χ4v) is 15.6. The molecule has 0 aromatic heterocycles. The van der Waals surface area contributed by atoms with E-state index in [0.717, 1.165) is 13.7 Å². The van der Waals surface area contributed by atoms with Crippen molar-refractivity contribution in [2.24, 2.45) is 0 Å². The van der Waals surface area contributed by atoms with Gasteiger partial charge in [-0.1, -0.05) is 175 Å². The predicted octanol–water partition coefficient (Wildman–Crippen LogP) is 17.5. The van der Waals surface area contributed by atoms with Crippen molar-refractivity contribution >= 4 is 46.6 Å². The lowest BCUT2D eigenvalue weighted by Crippen LogP contribution is -2.43. The first-order valence-electron chi connectivity index (χ1n) is 28.4. The van der Waals surface area contributed by atoms with Crippen LogP contribution in [0.4, 0.5) is 28.4 Å². The lowest BCUT2D eigenvalue weighted by Gasteiger charge is -2.45. The molecule has 1 aliphatic heterocycles. The van der Waals surface area contributed by atoms with Gasteiger partial charge in [-0.2, -0.15) is 0 Å². The number of hydrogen-bond acceptors (Lipinski definition) is 2. The first kappa shape index (κ1) is 47.9. The van der Waals surface area contributed by atoms with Gasteiger partial charge >= 0.3 is 0 Å². The van der Waals surface area contributed by atoms with E-state index in [1.165, 1.54) is 172 Å². The number of fused-ring (bicyclic) bond motifs is 12. The Bertz CT molecular complexity index is 3590. The number of benzene rings is 7. The molecule has 0 amide bonds. The second-order valence-electron chi connectivity index (χ2n) is 28.6. The minimum atomic E-state index is -0.199. The minimum Gasteiger partial charge on any atom is -0.355 e. The summed E-state index contributed by atoms with van der Waals surface area (Å²) in [6.07, 6.45) is 8.03. The monoisotopic (exact) mass is 971 g/mol. The van der Waals surface area contributed by atoms with Crippen LogP contribution in [-0.2, 0) is 44.3 Å². The highest BCUT2D eigenvalue weighted by Crippen LogP contribution is 2.58. The molecule has 0 spiro atoms. The zero-order chi connectivity index (χ0) is 52.0. The fraction of sp³-hybridized carbons (Fsp3) is 0.408. The molecule has 6 aliphatic rings. The summed E-state index contributed by atoms with van der Waals surface area (Å²) in [7, 11) is 0.857. The van der Waals surface area contributed by atoms with E-state index in [1.54, 1.807) is 0 Å². The van der Waals surface area contributed by atoms with E-state index < -0.39 is 0 Å². The van der Waals surface area contributed by atoms with Crippen LogP contribution in [0.25, 0.3) is 33.4 Å². The predicted molar refractivity (Wildman–Crippen MR) is 319 cm³/mol. The van der Waals surface area contributed by atoms with Gasteiger partial charge in [0, 0.05) is 39.4 Å². The van der Waals surface area contributed by atoms with Gasteiger partial charge in [-0.25, -0.2) is 0 Å². The van der Waals surface area contributed by atoms with E-state index in [4.69, 9.17) is 0 Å². The molecule has 7 aromatic carbocycles. The quantitative estimate of drug-likeness (QED) is 0.177. The Labute approximate surface area is 445 Å². The number of hydrogen-bond donors (Lipinski definition) is 1. The molecule has 0 saturated heterocycles. The molecule has 0 radical (unpaired) electrons. The van der Waals surface area contributed by atoms with E-state index in [2.05, 4.69) is 223 Å². The summed E-state index contributed by atoms with van der Waals surface area (Å²) in [5, 5.41) is 4.28. The lowest BCUT2D eigenvalue weighted by atomic mass is 9.55.